The fourth-order valence-electron chi connectivity index (χ4n) is 1.97. The third-order valence-corrected chi connectivity index (χ3v) is 2.65. The molecule has 0 N–H and O–H groups in total. The summed E-state index contributed by atoms with van der Waals surface area (Å²) in [4.78, 5) is 0. The van der Waals surface area contributed by atoms with Gasteiger partial charge in [0.2, 0.25) is 0 Å². The first-order valence-electron chi connectivity index (χ1n) is 4.56. The van der Waals surface area contributed by atoms with Crippen LogP contribution in [0.3, 0.4) is 0 Å². The van der Waals surface area contributed by atoms with Crippen LogP contribution in [-0.2, 0) is 13.5 Å². The van der Waals surface area contributed by atoms with Crippen LogP contribution in [0.5, 0.6) is 0 Å². The molecule has 0 spiro atoms. The topological polar surface area (TPSA) is 28.7 Å². The van der Waals surface area contributed by atoms with Crippen LogP contribution in [0.25, 0.3) is 5.57 Å². The minimum atomic E-state index is 1.05. The molecule has 1 aromatic rings. The summed E-state index contributed by atoms with van der Waals surface area (Å²) in [6, 6.07) is 4.23. The molecule has 2 heteroatoms. The Morgan fingerprint density at radius 2 is 2.38 bits per heavy atom. The maximum absolute atomic E-state index is 8.62. The summed E-state index contributed by atoms with van der Waals surface area (Å²) in [7, 11) is 2.06. The van der Waals surface area contributed by atoms with Gasteiger partial charge in [-0.05, 0) is 36.5 Å². The second-order valence-electron chi connectivity index (χ2n) is 3.44. The molecule has 2 rings (SSSR count). The van der Waals surface area contributed by atoms with Crippen molar-refractivity contribution < 1.29 is 0 Å². The monoisotopic (exact) mass is 172 g/mol. The van der Waals surface area contributed by atoms with Crippen molar-refractivity contribution in [3.05, 3.63) is 29.6 Å². The molecule has 0 amide bonds. The number of aromatic nitrogens is 1. The van der Waals surface area contributed by atoms with Crippen molar-refractivity contribution >= 4 is 5.57 Å². The van der Waals surface area contributed by atoms with E-state index < -0.39 is 0 Å². The lowest BCUT2D eigenvalue weighted by Gasteiger charge is -2.15. The molecule has 0 aromatic carbocycles. The van der Waals surface area contributed by atoms with E-state index in [4.69, 9.17) is 5.26 Å². The summed E-state index contributed by atoms with van der Waals surface area (Å²) in [5, 5.41) is 8.62. The number of nitriles is 1. The number of rotatable bonds is 0. The van der Waals surface area contributed by atoms with Crippen molar-refractivity contribution in [3.8, 4) is 6.07 Å². The average Bonchev–Trinajstić information content (AvgIpc) is 2.50. The van der Waals surface area contributed by atoms with Crippen LogP contribution in [0.1, 0.15) is 24.1 Å². The molecule has 0 aliphatic heterocycles. The zero-order valence-corrected chi connectivity index (χ0v) is 7.75. The molecule has 0 atom stereocenters. The quantitative estimate of drug-likeness (QED) is 0.552. The van der Waals surface area contributed by atoms with Gasteiger partial charge in [-0.1, -0.05) is 0 Å². The molecule has 1 aliphatic rings. The predicted molar refractivity (Wildman–Crippen MR) is 51.9 cm³/mol. The summed E-state index contributed by atoms with van der Waals surface area (Å²) >= 11 is 0. The molecule has 1 aromatic heterocycles. The Kier molecular flexibility index (Phi) is 1.94. The SMILES string of the molecule is Cn1ccc2c1CCC/C2=C/C#N. The summed E-state index contributed by atoms with van der Waals surface area (Å²) in [5.41, 5.74) is 3.84. The van der Waals surface area contributed by atoms with Crippen LogP contribution in [0.4, 0.5) is 0 Å². The molecular weight excluding hydrogens is 160 g/mol. The lowest BCUT2D eigenvalue weighted by atomic mass is 9.92. The molecular formula is C11H12N2. The fraction of sp³-hybridized carbons (Fsp3) is 0.364. The maximum Gasteiger partial charge on any atom is 0.0915 e. The van der Waals surface area contributed by atoms with Gasteiger partial charge in [0.15, 0.2) is 0 Å². The molecule has 0 saturated heterocycles. The number of allylic oxidation sites excluding steroid dienone is 2. The first-order valence-corrected chi connectivity index (χ1v) is 4.56. The van der Waals surface area contributed by atoms with Gasteiger partial charge < -0.3 is 4.57 Å². The van der Waals surface area contributed by atoms with Gasteiger partial charge in [-0.2, -0.15) is 5.26 Å². The van der Waals surface area contributed by atoms with Crippen molar-refractivity contribution in [3.63, 3.8) is 0 Å². The van der Waals surface area contributed by atoms with E-state index in [1.54, 1.807) is 6.08 Å². The van der Waals surface area contributed by atoms with Gasteiger partial charge >= 0.3 is 0 Å². The van der Waals surface area contributed by atoms with Crippen LogP contribution in [-0.4, -0.2) is 4.57 Å². The molecule has 2 nitrogen and oxygen atoms in total. The van der Waals surface area contributed by atoms with Gasteiger partial charge in [0.25, 0.3) is 0 Å². The molecule has 1 aliphatic carbocycles. The van der Waals surface area contributed by atoms with Crippen LogP contribution >= 0.6 is 0 Å². The van der Waals surface area contributed by atoms with Crippen molar-refractivity contribution in [1.82, 2.24) is 4.57 Å². The van der Waals surface area contributed by atoms with Crippen molar-refractivity contribution in [2.75, 3.05) is 0 Å². The predicted octanol–water partition coefficient (Wildman–Crippen LogP) is 2.27. The van der Waals surface area contributed by atoms with E-state index in [1.807, 2.05) is 0 Å². The summed E-state index contributed by atoms with van der Waals surface area (Å²) in [6.07, 6.45) is 7.10. The van der Waals surface area contributed by atoms with E-state index in [-0.39, 0.29) is 0 Å². The lowest BCUT2D eigenvalue weighted by molar-refractivity contribution is 0.740. The van der Waals surface area contributed by atoms with Gasteiger partial charge in [0.1, 0.15) is 0 Å². The molecule has 0 radical (unpaired) electrons. The van der Waals surface area contributed by atoms with E-state index in [1.165, 1.54) is 23.3 Å². The highest BCUT2D eigenvalue weighted by Crippen LogP contribution is 2.30. The number of hydrogen-bond donors (Lipinski definition) is 0. The smallest absolute Gasteiger partial charge is 0.0915 e. The molecule has 13 heavy (non-hydrogen) atoms. The Morgan fingerprint density at radius 1 is 1.54 bits per heavy atom. The Morgan fingerprint density at radius 3 is 3.15 bits per heavy atom. The largest absolute Gasteiger partial charge is 0.354 e. The Bertz CT molecular complexity index is 391. The van der Waals surface area contributed by atoms with E-state index in [9.17, 15) is 0 Å². The highest BCUT2D eigenvalue weighted by atomic mass is 14.9. The first-order chi connectivity index (χ1) is 6.33. The highest BCUT2D eigenvalue weighted by molar-refractivity contribution is 5.71. The zero-order valence-electron chi connectivity index (χ0n) is 7.75. The summed E-state index contributed by atoms with van der Waals surface area (Å²) in [5.74, 6) is 0. The van der Waals surface area contributed by atoms with Gasteiger partial charge in [-0.15, -0.1) is 0 Å². The van der Waals surface area contributed by atoms with Gasteiger partial charge in [-0.25, -0.2) is 0 Å². The molecule has 0 bridgehead atoms. The number of aryl methyl sites for hydroxylation is 1. The first kappa shape index (κ1) is 8.12. The molecule has 0 fully saturated rings. The van der Waals surface area contributed by atoms with Gasteiger partial charge in [0.05, 0.1) is 6.07 Å². The fourth-order valence-corrected chi connectivity index (χ4v) is 1.97. The third-order valence-electron chi connectivity index (χ3n) is 2.65. The average molecular weight is 172 g/mol. The van der Waals surface area contributed by atoms with Crippen molar-refractivity contribution in [1.29, 1.82) is 5.26 Å². The Balaban J connectivity index is 2.51. The third kappa shape index (κ3) is 1.27. The molecule has 0 unspecified atom stereocenters. The van der Waals surface area contributed by atoms with Crippen LogP contribution in [0.2, 0.25) is 0 Å². The molecule has 1 heterocycles. The molecule has 0 saturated carbocycles. The number of nitrogens with zero attached hydrogens (tertiary/aromatic N) is 2. The van der Waals surface area contributed by atoms with Crippen molar-refractivity contribution in [2.24, 2.45) is 7.05 Å². The minimum absolute atomic E-state index is 1.05. The van der Waals surface area contributed by atoms with Gasteiger partial charge in [-0.3, -0.25) is 0 Å². The second kappa shape index (κ2) is 3.10. The zero-order chi connectivity index (χ0) is 9.26. The molecule has 66 valence electrons. The van der Waals surface area contributed by atoms with Crippen LogP contribution in [0, 0.1) is 11.3 Å². The lowest BCUT2D eigenvalue weighted by Crippen LogP contribution is -2.04. The minimum Gasteiger partial charge on any atom is -0.354 e. The van der Waals surface area contributed by atoms with Crippen LogP contribution < -0.4 is 0 Å². The summed E-state index contributed by atoms with van der Waals surface area (Å²) < 4.78 is 2.15. The normalized spacial score (nSPS) is 18.3. The van der Waals surface area contributed by atoms with E-state index in [0.29, 0.717) is 0 Å². The van der Waals surface area contributed by atoms with E-state index in [0.717, 1.165) is 12.8 Å². The summed E-state index contributed by atoms with van der Waals surface area (Å²) in [6.45, 7) is 0. The van der Waals surface area contributed by atoms with Crippen LogP contribution in [0.15, 0.2) is 18.3 Å². The van der Waals surface area contributed by atoms with E-state index in [2.05, 4.69) is 29.9 Å². The second-order valence-corrected chi connectivity index (χ2v) is 3.44. The highest BCUT2D eigenvalue weighted by Gasteiger charge is 2.15. The Hall–Kier alpha value is -1.49. The van der Waals surface area contributed by atoms with E-state index >= 15 is 0 Å². The van der Waals surface area contributed by atoms with Gasteiger partial charge in [0, 0.05) is 25.0 Å². The maximum atomic E-state index is 8.62. The number of hydrogen-bond acceptors (Lipinski definition) is 1. The standard InChI is InChI=1S/C11H12N2/c1-13-8-6-10-9(5-7-12)3-2-4-11(10)13/h5-6,8H,2-4H2,1H3/b9-5-. The van der Waals surface area contributed by atoms with Crippen molar-refractivity contribution in [2.45, 2.75) is 19.3 Å². The Labute approximate surface area is 78.1 Å². The number of fused-ring (bicyclic) bond motifs is 1.